The smallest absolute Gasteiger partial charge is 0.435 e. The van der Waals surface area contributed by atoms with Crippen molar-refractivity contribution in [3.05, 3.63) is 47.7 Å². The summed E-state index contributed by atoms with van der Waals surface area (Å²) in [6.45, 7) is -1.04. The van der Waals surface area contributed by atoms with Gasteiger partial charge in [-0.1, -0.05) is 19.1 Å². The fraction of sp³-hybridized carbons (Fsp3) is 0.333. The molecule has 0 radical (unpaired) electrons. The molecule has 0 bridgehead atoms. The van der Waals surface area contributed by atoms with Gasteiger partial charge in [-0.15, -0.1) is 10.2 Å². The molecule has 1 aromatic heterocycles. The molecule has 24 heavy (non-hydrogen) atoms. The van der Waals surface area contributed by atoms with E-state index in [-0.39, 0.29) is 17.6 Å². The van der Waals surface area contributed by atoms with Gasteiger partial charge in [0.25, 0.3) is 0 Å². The predicted octanol–water partition coefficient (Wildman–Crippen LogP) is 4.66. The van der Waals surface area contributed by atoms with Crippen LogP contribution >= 0.6 is 0 Å². The molecule has 2 rings (SSSR count). The number of nitrogens with one attached hydrogen (secondary N) is 1. The average Bonchev–Trinajstić information content (AvgIpc) is 2.52. The van der Waals surface area contributed by atoms with E-state index in [0.717, 1.165) is 11.6 Å². The van der Waals surface area contributed by atoms with Crippen LogP contribution in [0.5, 0.6) is 5.75 Å². The number of aromatic nitrogens is 2. The molecule has 130 valence electrons. The number of benzene rings is 1. The quantitative estimate of drug-likeness (QED) is 0.772. The van der Waals surface area contributed by atoms with Gasteiger partial charge in [0.1, 0.15) is 11.6 Å². The molecular formula is C15H14F5N3O. The van der Waals surface area contributed by atoms with Crippen molar-refractivity contribution in [3.8, 4) is 5.75 Å². The topological polar surface area (TPSA) is 47.0 Å². The van der Waals surface area contributed by atoms with Crippen LogP contribution in [-0.2, 0) is 6.18 Å². The van der Waals surface area contributed by atoms with Crippen LogP contribution in [0.1, 0.15) is 30.6 Å². The summed E-state index contributed by atoms with van der Waals surface area (Å²) in [5.41, 5.74) is -0.324. The average molecular weight is 347 g/mol. The molecular weight excluding hydrogens is 333 g/mol. The van der Waals surface area contributed by atoms with Crippen LogP contribution in [0.25, 0.3) is 0 Å². The first-order valence-electron chi connectivity index (χ1n) is 7.02. The molecule has 1 atom stereocenters. The van der Waals surface area contributed by atoms with Crippen LogP contribution in [-0.4, -0.2) is 16.8 Å². The summed E-state index contributed by atoms with van der Waals surface area (Å²) in [4.78, 5) is 0. The second kappa shape index (κ2) is 7.41. The number of hydrogen-bond acceptors (Lipinski definition) is 4. The summed E-state index contributed by atoms with van der Waals surface area (Å²) in [5.74, 6) is 0.209. The largest absolute Gasteiger partial charge is 0.435 e. The highest BCUT2D eigenvalue weighted by atomic mass is 19.4. The van der Waals surface area contributed by atoms with E-state index in [2.05, 4.69) is 20.3 Å². The zero-order chi connectivity index (χ0) is 17.7. The minimum absolute atomic E-state index is 0.0259. The van der Waals surface area contributed by atoms with Crippen LogP contribution in [0.4, 0.5) is 27.8 Å². The summed E-state index contributed by atoms with van der Waals surface area (Å²) < 4.78 is 65.9. The Morgan fingerprint density at radius 1 is 1.04 bits per heavy atom. The Labute approximate surface area is 134 Å². The van der Waals surface area contributed by atoms with Crippen molar-refractivity contribution in [2.75, 3.05) is 5.32 Å². The first kappa shape index (κ1) is 17.9. The Morgan fingerprint density at radius 2 is 1.71 bits per heavy atom. The monoisotopic (exact) mass is 347 g/mol. The fourth-order valence-electron chi connectivity index (χ4n) is 2.04. The number of alkyl halides is 5. The Kier molecular flexibility index (Phi) is 5.53. The van der Waals surface area contributed by atoms with Gasteiger partial charge >= 0.3 is 12.8 Å². The maximum absolute atomic E-state index is 12.5. The second-order valence-corrected chi connectivity index (χ2v) is 4.85. The van der Waals surface area contributed by atoms with Gasteiger partial charge in [-0.05, 0) is 36.2 Å². The van der Waals surface area contributed by atoms with Gasteiger partial charge < -0.3 is 10.1 Å². The zero-order valence-corrected chi connectivity index (χ0v) is 12.5. The van der Waals surface area contributed by atoms with E-state index >= 15 is 0 Å². The van der Waals surface area contributed by atoms with E-state index in [1.54, 1.807) is 12.1 Å². The number of ether oxygens (including phenoxy) is 1. The van der Waals surface area contributed by atoms with Gasteiger partial charge in [-0.3, -0.25) is 0 Å². The maximum atomic E-state index is 12.5. The van der Waals surface area contributed by atoms with Gasteiger partial charge in [-0.2, -0.15) is 22.0 Å². The van der Waals surface area contributed by atoms with Crippen LogP contribution in [0, 0.1) is 0 Å². The molecule has 1 aromatic carbocycles. The summed E-state index contributed by atoms with van der Waals surface area (Å²) >= 11 is 0. The summed E-state index contributed by atoms with van der Waals surface area (Å²) in [7, 11) is 0. The Balaban J connectivity index is 2.08. The van der Waals surface area contributed by atoms with Crippen LogP contribution < -0.4 is 10.1 Å². The van der Waals surface area contributed by atoms with Crippen LogP contribution in [0.2, 0.25) is 0 Å². The summed E-state index contributed by atoms with van der Waals surface area (Å²) in [6.07, 6.45) is -3.95. The summed E-state index contributed by atoms with van der Waals surface area (Å²) in [5, 5.41) is 9.60. The highest BCUT2D eigenvalue weighted by molar-refractivity contribution is 5.39. The van der Waals surface area contributed by atoms with Gasteiger partial charge in [-0.25, -0.2) is 0 Å². The zero-order valence-electron chi connectivity index (χ0n) is 12.5. The molecule has 0 aliphatic rings. The van der Waals surface area contributed by atoms with E-state index in [9.17, 15) is 22.0 Å². The van der Waals surface area contributed by atoms with E-state index in [1.165, 1.54) is 18.2 Å². The minimum atomic E-state index is -4.55. The number of nitrogens with zero attached hydrogens (tertiary/aromatic N) is 2. The lowest BCUT2D eigenvalue weighted by Crippen LogP contribution is -2.14. The highest BCUT2D eigenvalue weighted by Crippen LogP contribution is 2.28. The molecule has 1 heterocycles. The molecule has 4 nitrogen and oxygen atoms in total. The van der Waals surface area contributed by atoms with E-state index < -0.39 is 18.5 Å². The third-order valence-electron chi connectivity index (χ3n) is 3.19. The van der Waals surface area contributed by atoms with Gasteiger partial charge in [0, 0.05) is 0 Å². The van der Waals surface area contributed by atoms with Crippen molar-refractivity contribution in [1.29, 1.82) is 0 Å². The first-order valence-corrected chi connectivity index (χ1v) is 7.02. The normalized spacial score (nSPS) is 13.0. The third kappa shape index (κ3) is 4.77. The van der Waals surface area contributed by atoms with Crippen molar-refractivity contribution in [1.82, 2.24) is 10.2 Å². The molecule has 0 saturated heterocycles. The highest BCUT2D eigenvalue weighted by Gasteiger charge is 2.32. The van der Waals surface area contributed by atoms with Crippen molar-refractivity contribution in [3.63, 3.8) is 0 Å². The van der Waals surface area contributed by atoms with Gasteiger partial charge in [0.2, 0.25) is 0 Å². The fourth-order valence-corrected chi connectivity index (χ4v) is 2.04. The van der Waals surface area contributed by atoms with E-state index in [0.29, 0.717) is 6.42 Å². The Hall–Kier alpha value is -2.45. The molecule has 1 N–H and O–H groups in total. The maximum Gasteiger partial charge on any atom is 0.435 e. The molecule has 0 aliphatic carbocycles. The molecule has 0 spiro atoms. The number of halogens is 5. The lowest BCUT2D eigenvalue weighted by atomic mass is 10.0. The molecule has 0 saturated carbocycles. The van der Waals surface area contributed by atoms with E-state index in [4.69, 9.17) is 0 Å². The molecule has 2 aromatic rings. The van der Waals surface area contributed by atoms with Crippen molar-refractivity contribution in [2.24, 2.45) is 0 Å². The summed E-state index contributed by atoms with van der Waals surface area (Å²) in [6, 6.07) is 7.73. The molecule has 0 fully saturated rings. The third-order valence-corrected chi connectivity index (χ3v) is 3.19. The minimum Gasteiger partial charge on any atom is -0.435 e. The van der Waals surface area contributed by atoms with Crippen molar-refractivity contribution < 1.29 is 26.7 Å². The number of anilines is 1. The molecule has 0 aliphatic heterocycles. The van der Waals surface area contributed by atoms with Crippen LogP contribution in [0.3, 0.4) is 0 Å². The first-order chi connectivity index (χ1) is 11.3. The SMILES string of the molecule is CCC(Nc1ccc(C(F)(F)F)nn1)c1ccc(OC(F)F)cc1. The number of hydrogen-bond donors (Lipinski definition) is 1. The Bertz CT molecular complexity index is 644. The molecule has 0 amide bonds. The van der Waals surface area contributed by atoms with E-state index in [1.807, 2.05) is 6.92 Å². The molecule has 9 heteroatoms. The van der Waals surface area contributed by atoms with Gasteiger partial charge in [0.15, 0.2) is 5.69 Å². The lowest BCUT2D eigenvalue weighted by molar-refractivity contribution is -0.141. The van der Waals surface area contributed by atoms with Crippen LogP contribution in [0.15, 0.2) is 36.4 Å². The predicted molar refractivity (Wildman–Crippen MR) is 76.8 cm³/mol. The number of rotatable bonds is 6. The van der Waals surface area contributed by atoms with Gasteiger partial charge in [0.05, 0.1) is 6.04 Å². The molecule has 1 unspecified atom stereocenters. The van der Waals surface area contributed by atoms with Crippen molar-refractivity contribution in [2.45, 2.75) is 32.2 Å². The second-order valence-electron chi connectivity index (χ2n) is 4.85. The Morgan fingerprint density at radius 3 is 2.17 bits per heavy atom. The lowest BCUT2D eigenvalue weighted by Gasteiger charge is -2.18. The standard InChI is InChI=1S/C15H14F5N3O/c1-2-11(9-3-5-10(6-4-9)24-14(16)17)21-13-8-7-12(22-23-13)15(18,19)20/h3-8,11,14H,2H2,1H3,(H,21,23). The van der Waals surface area contributed by atoms with Crippen molar-refractivity contribution >= 4 is 5.82 Å².